The molecule has 0 aromatic carbocycles. The number of amides is 1. The van der Waals surface area contributed by atoms with Gasteiger partial charge in [0.15, 0.2) is 5.96 Å². The number of hydrogen-bond acceptors (Lipinski definition) is 2. The lowest BCUT2D eigenvalue weighted by Gasteiger charge is -2.42. The Kier molecular flexibility index (Phi) is 4.97. The smallest absolute Gasteiger partial charge is 0.231 e. The SMILES string of the molecule is CCCCC1(CCCC)CC(=O)N(C)C(=N)N1. The number of guanidine groups is 1. The van der Waals surface area contributed by atoms with E-state index in [1.54, 1.807) is 7.05 Å². The summed E-state index contributed by atoms with van der Waals surface area (Å²) < 4.78 is 0. The predicted molar refractivity (Wildman–Crippen MR) is 70.0 cm³/mol. The summed E-state index contributed by atoms with van der Waals surface area (Å²) in [6.07, 6.45) is 7.00. The van der Waals surface area contributed by atoms with E-state index in [9.17, 15) is 4.79 Å². The van der Waals surface area contributed by atoms with Crippen molar-refractivity contribution in [2.24, 2.45) is 0 Å². The molecule has 0 aliphatic carbocycles. The minimum absolute atomic E-state index is 0.0703. The number of carbonyl (C=O) groups is 1. The summed E-state index contributed by atoms with van der Waals surface area (Å²) in [5.74, 6) is 0.328. The summed E-state index contributed by atoms with van der Waals surface area (Å²) in [5.41, 5.74) is -0.160. The second-order valence-corrected chi connectivity index (χ2v) is 5.09. The van der Waals surface area contributed by atoms with Crippen molar-refractivity contribution in [3.8, 4) is 0 Å². The maximum Gasteiger partial charge on any atom is 0.231 e. The van der Waals surface area contributed by atoms with Crippen LogP contribution in [0, 0.1) is 5.41 Å². The van der Waals surface area contributed by atoms with Crippen molar-refractivity contribution in [2.75, 3.05) is 7.05 Å². The molecule has 0 radical (unpaired) electrons. The molecule has 1 saturated heterocycles. The fourth-order valence-electron chi connectivity index (χ4n) is 2.37. The molecule has 1 aliphatic heterocycles. The number of nitrogens with one attached hydrogen (secondary N) is 2. The van der Waals surface area contributed by atoms with E-state index >= 15 is 0 Å². The highest BCUT2D eigenvalue weighted by Crippen LogP contribution is 2.28. The highest BCUT2D eigenvalue weighted by Gasteiger charge is 2.38. The normalized spacial score (nSPS) is 19.4. The summed E-state index contributed by atoms with van der Waals surface area (Å²) in [6, 6.07) is 0. The quantitative estimate of drug-likeness (QED) is 0.748. The molecule has 2 N–H and O–H groups in total. The zero-order valence-electron chi connectivity index (χ0n) is 11.3. The monoisotopic (exact) mass is 239 g/mol. The maximum atomic E-state index is 11.9. The Labute approximate surface area is 104 Å². The van der Waals surface area contributed by atoms with Crippen LogP contribution in [0.15, 0.2) is 0 Å². The lowest BCUT2D eigenvalue weighted by Crippen LogP contribution is -2.61. The Morgan fingerprint density at radius 2 is 1.82 bits per heavy atom. The summed E-state index contributed by atoms with van der Waals surface area (Å²) >= 11 is 0. The average molecular weight is 239 g/mol. The summed E-state index contributed by atoms with van der Waals surface area (Å²) in [7, 11) is 1.67. The second-order valence-electron chi connectivity index (χ2n) is 5.09. The molecule has 1 aliphatic rings. The molecule has 17 heavy (non-hydrogen) atoms. The largest absolute Gasteiger partial charge is 0.350 e. The lowest BCUT2D eigenvalue weighted by molar-refractivity contribution is -0.129. The van der Waals surface area contributed by atoms with Gasteiger partial charge in [-0.3, -0.25) is 15.1 Å². The first-order valence-electron chi connectivity index (χ1n) is 6.68. The average Bonchev–Trinajstić information content (AvgIpc) is 2.31. The molecule has 0 unspecified atom stereocenters. The third-order valence-electron chi connectivity index (χ3n) is 3.60. The van der Waals surface area contributed by atoms with Crippen molar-refractivity contribution in [3.63, 3.8) is 0 Å². The minimum Gasteiger partial charge on any atom is -0.350 e. The number of hydrogen-bond donors (Lipinski definition) is 2. The highest BCUT2D eigenvalue weighted by molar-refractivity contribution is 5.98. The van der Waals surface area contributed by atoms with Crippen LogP contribution >= 0.6 is 0 Å². The molecule has 1 amide bonds. The Morgan fingerprint density at radius 1 is 1.29 bits per heavy atom. The molecule has 4 heteroatoms. The second kappa shape index (κ2) is 6.03. The van der Waals surface area contributed by atoms with Gasteiger partial charge < -0.3 is 5.32 Å². The van der Waals surface area contributed by atoms with Gasteiger partial charge in [-0.05, 0) is 12.8 Å². The van der Waals surface area contributed by atoms with Crippen molar-refractivity contribution in [1.29, 1.82) is 5.41 Å². The van der Waals surface area contributed by atoms with Gasteiger partial charge in [0.2, 0.25) is 5.91 Å². The van der Waals surface area contributed by atoms with Crippen molar-refractivity contribution < 1.29 is 4.79 Å². The fourth-order valence-corrected chi connectivity index (χ4v) is 2.37. The van der Waals surface area contributed by atoms with Gasteiger partial charge in [-0.1, -0.05) is 39.5 Å². The summed E-state index contributed by atoms with van der Waals surface area (Å²) in [4.78, 5) is 13.3. The zero-order chi connectivity index (χ0) is 12.9. The van der Waals surface area contributed by atoms with Gasteiger partial charge in [-0.2, -0.15) is 0 Å². The van der Waals surface area contributed by atoms with E-state index in [0.717, 1.165) is 38.5 Å². The van der Waals surface area contributed by atoms with E-state index in [2.05, 4.69) is 19.2 Å². The van der Waals surface area contributed by atoms with E-state index < -0.39 is 0 Å². The van der Waals surface area contributed by atoms with Gasteiger partial charge in [-0.15, -0.1) is 0 Å². The van der Waals surface area contributed by atoms with Gasteiger partial charge in [0.05, 0.1) is 6.42 Å². The third kappa shape index (κ3) is 3.45. The standard InChI is InChI=1S/C13H25N3O/c1-4-6-8-13(9-7-5-2)10-11(17)16(3)12(14)15-13/h4-10H2,1-3H3,(H2,14,15). The third-order valence-corrected chi connectivity index (χ3v) is 3.60. The first-order chi connectivity index (χ1) is 8.04. The zero-order valence-corrected chi connectivity index (χ0v) is 11.3. The van der Waals surface area contributed by atoms with Crippen molar-refractivity contribution in [2.45, 2.75) is 64.3 Å². The first-order valence-corrected chi connectivity index (χ1v) is 6.68. The number of unbranched alkanes of at least 4 members (excludes halogenated alkanes) is 2. The molecule has 98 valence electrons. The van der Waals surface area contributed by atoms with Crippen LogP contribution in [0.5, 0.6) is 0 Å². The summed E-state index contributed by atoms with van der Waals surface area (Å²) in [6.45, 7) is 4.32. The van der Waals surface area contributed by atoms with Gasteiger partial charge in [-0.25, -0.2) is 0 Å². The molecule has 4 nitrogen and oxygen atoms in total. The Balaban J connectivity index is 2.75. The predicted octanol–water partition coefficient (Wildman–Crippen LogP) is 2.49. The molecular weight excluding hydrogens is 214 g/mol. The Morgan fingerprint density at radius 3 is 2.24 bits per heavy atom. The van der Waals surface area contributed by atoms with Crippen LogP contribution in [0.25, 0.3) is 0 Å². The van der Waals surface area contributed by atoms with Crippen LogP contribution in [0.2, 0.25) is 0 Å². The molecule has 1 heterocycles. The molecule has 0 aromatic rings. The van der Waals surface area contributed by atoms with Gasteiger partial charge in [0.1, 0.15) is 0 Å². The van der Waals surface area contributed by atoms with Gasteiger partial charge in [0, 0.05) is 12.6 Å². The molecular formula is C13H25N3O. The van der Waals surface area contributed by atoms with Crippen LogP contribution in [0.1, 0.15) is 58.8 Å². The van der Waals surface area contributed by atoms with Crippen LogP contribution in [-0.2, 0) is 4.79 Å². The molecule has 0 aromatic heterocycles. The fraction of sp³-hybridized carbons (Fsp3) is 0.846. The number of carbonyl (C=O) groups excluding carboxylic acids is 1. The van der Waals surface area contributed by atoms with Crippen LogP contribution in [0.4, 0.5) is 0 Å². The van der Waals surface area contributed by atoms with E-state index in [0.29, 0.717) is 6.42 Å². The Hall–Kier alpha value is -1.06. The minimum atomic E-state index is -0.160. The Bertz CT molecular complexity index is 260. The van der Waals surface area contributed by atoms with Crippen molar-refractivity contribution >= 4 is 11.9 Å². The van der Waals surface area contributed by atoms with Gasteiger partial charge in [0.25, 0.3) is 0 Å². The van der Waals surface area contributed by atoms with E-state index in [-0.39, 0.29) is 17.4 Å². The molecule has 0 bridgehead atoms. The molecule has 0 saturated carbocycles. The molecule has 0 atom stereocenters. The van der Waals surface area contributed by atoms with Crippen LogP contribution < -0.4 is 5.32 Å². The summed E-state index contributed by atoms with van der Waals surface area (Å²) in [5, 5.41) is 11.1. The van der Waals surface area contributed by atoms with Gasteiger partial charge >= 0.3 is 0 Å². The lowest BCUT2D eigenvalue weighted by atomic mass is 9.82. The van der Waals surface area contributed by atoms with Crippen molar-refractivity contribution in [3.05, 3.63) is 0 Å². The maximum absolute atomic E-state index is 11.9. The highest BCUT2D eigenvalue weighted by atomic mass is 16.2. The molecule has 0 spiro atoms. The van der Waals surface area contributed by atoms with E-state index in [4.69, 9.17) is 5.41 Å². The topological polar surface area (TPSA) is 56.2 Å². The number of rotatable bonds is 6. The van der Waals surface area contributed by atoms with Crippen molar-refractivity contribution in [1.82, 2.24) is 10.2 Å². The van der Waals surface area contributed by atoms with E-state index in [1.807, 2.05) is 0 Å². The van der Waals surface area contributed by atoms with Crippen LogP contribution in [0.3, 0.4) is 0 Å². The van der Waals surface area contributed by atoms with E-state index in [1.165, 1.54) is 4.90 Å². The molecule has 1 rings (SSSR count). The molecule has 1 fully saturated rings. The number of nitrogens with zero attached hydrogens (tertiary/aromatic N) is 1. The van der Waals surface area contributed by atoms with Crippen LogP contribution in [-0.4, -0.2) is 29.4 Å². The first kappa shape index (κ1) is 14.0.